The van der Waals surface area contributed by atoms with Gasteiger partial charge in [-0.1, -0.05) is 0 Å². The molecule has 2 aliphatic rings. The second-order valence-electron chi connectivity index (χ2n) is 5.54. The van der Waals surface area contributed by atoms with Crippen LogP contribution < -0.4 is 10.2 Å². The molecule has 0 amide bonds. The van der Waals surface area contributed by atoms with Gasteiger partial charge in [0.2, 0.25) is 0 Å². The fourth-order valence-corrected chi connectivity index (χ4v) is 2.82. The average Bonchev–Trinajstić information content (AvgIpc) is 3.23. The molecule has 18 heavy (non-hydrogen) atoms. The van der Waals surface area contributed by atoms with Crippen molar-refractivity contribution in [2.45, 2.75) is 38.6 Å². The highest BCUT2D eigenvalue weighted by atomic mass is 15.2. The van der Waals surface area contributed by atoms with E-state index in [4.69, 9.17) is 0 Å². The predicted octanol–water partition coefficient (Wildman–Crippen LogP) is 1.75. The van der Waals surface area contributed by atoms with Gasteiger partial charge in [0, 0.05) is 25.0 Å². The summed E-state index contributed by atoms with van der Waals surface area (Å²) in [5, 5.41) is 3.44. The third-order valence-electron chi connectivity index (χ3n) is 4.03. The van der Waals surface area contributed by atoms with E-state index in [2.05, 4.69) is 27.1 Å². The van der Waals surface area contributed by atoms with Gasteiger partial charge in [-0.25, -0.2) is 4.98 Å². The Kier molecular flexibility index (Phi) is 3.46. The molecule has 2 fully saturated rings. The van der Waals surface area contributed by atoms with E-state index < -0.39 is 0 Å². The fraction of sp³-hybridized carbons (Fsp3) is 0.714. The minimum Gasteiger partial charge on any atom is -0.352 e. The Hall–Kier alpha value is -1.16. The number of nitrogens with zero attached hydrogens (tertiary/aromatic N) is 3. The number of aromatic nitrogens is 2. The molecule has 98 valence electrons. The lowest BCUT2D eigenvalue weighted by molar-refractivity contribution is 0.372. The molecule has 3 rings (SSSR count). The summed E-state index contributed by atoms with van der Waals surface area (Å²) in [5.41, 5.74) is 1.07. The molecule has 0 radical (unpaired) electrons. The van der Waals surface area contributed by atoms with E-state index in [1.165, 1.54) is 38.8 Å². The second kappa shape index (κ2) is 5.22. The minimum atomic E-state index is 0.718. The Morgan fingerprint density at radius 3 is 2.56 bits per heavy atom. The summed E-state index contributed by atoms with van der Waals surface area (Å²) in [7, 11) is 0. The number of anilines is 1. The molecule has 1 aliphatic heterocycles. The van der Waals surface area contributed by atoms with Gasteiger partial charge in [0.25, 0.3) is 0 Å². The van der Waals surface area contributed by atoms with Crippen LogP contribution in [-0.4, -0.2) is 35.6 Å². The molecule has 4 heteroatoms. The normalized spacial score (nSPS) is 20.9. The van der Waals surface area contributed by atoms with Gasteiger partial charge >= 0.3 is 0 Å². The summed E-state index contributed by atoms with van der Waals surface area (Å²) < 4.78 is 0. The van der Waals surface area contributed by atoms with Crippen LogP contribution >= 0.6 is 0 Å². The number of aryl methyl sites for hydroxylation is 1. The van der Waals surface area contributed by atoms with Crippen LogP contribution in [0.4, 0.5) is 5.82 Å². The van der Waals surface area contributed by atoms with Gasteiger partial charge in [-0.3, -0.25) is 4.98 Å². The van der Waals surface area contributed by atoms with Crippen molar-refractivity contribution in [3.63, 3.8) is 0 Å². The zero-order valence-corrected chi connectivity index (χ0v) is 11.1. The van der Waals surface area contributed by atoms with Crippen LogP contribution in [0.15, 0.2) is 12.4 Å². The second-order valence-corrected chi connectivity index (χ2v) is 5.54. The Bertz CT molecular complexity index is 397. The molecule has 0 spiro atoms. The van der Waals surface area contributed by atoms with E-state index in [0.29, 0.717) is 0 Å². The lowest BCUT2D eigenvalue weighted by Gasteiger charge is -2.31. The maximum absolute atomic E-state index is 4.55. The Labute approximate surface area is 109 Å². The first kappa shape index (κ1) is 11.9. The van der Waals surface area contributed by atoms with Gasteiger partial charge in [0.05, 0.1) is 5.69 Å². The third kappa shape index (κ3) is 2.64. The van der Waals surface area contributed by atoms with Crippen molar-refractivity contribution in [3.05, 3.63) is 18.1 Å². The maximum Gasteiger partial charge on any atom is 0.150 e. The Morgan fingerprint density at radius 2 is 1.89 bits per heavy atom. The van der Waals surface area contributed by atoms with Gasteiger partial charge in [0.1, 0.15) is 5.82 Å². The highest BCUT2D eigenvalue weighted by Crippen LogP contribution is 2.33. The summed E-state index contributed by atoms with van der Waals surface area (Å²) in [6.07, 6.45) is 8.83. The number of hydrogen-bond donors (Lipinski definition) is 1. The van der Waals surface area contributed by atoms with E-state index in [0.717, 1.165) is 30.0 Å². The number of nitrogens with one attached hydrogen (secondary N) is 1. The van der Waals surface area contributed by atoms with E-state index >= 15 is 0 Å². The highest BCUT2D eigenvalue weighted by Gasteiger charge is 2.32. The molecule has 1 saturated carbocycles. The molecule has 1 aromatic heterocycles. The summed E-state index contributed by atoms with van der Waals surface area (Å²) in [5.74, 6) is 1.92. The largest absolute Gasteiger partial charge is 0.352 e. The first-order valence-electron chi connectivity index (χ1n) is 7.09. The van der Waals surface area contributed by atoms with Crippen LogP contribution in [0.5, 0.6) is 0 Å². The molecule has 0 aromatic carbocycles. The van der Waals surface area contributed by atoms with Gasteiger partial charge < -0.3 is 10.2 Å². The first-order chi connectivity index (χ1) is 8.84. The lowest BCUT2D eigenvalue weighted by atomic mass is 9.97. The van der Waals surface area contributed by atoms with Crippen LogP contribution in [0.1, 0.15) is 31.4 Å². The van der Waals surface area contributed by atoms with E-state index in [9.17, 15) is 0 Å². The summed E-state index contributed by atoms with van der Waals surface area (Å²) in [6.45, 7) is 5.57. The molecular weight excluding hydrogens is 224 g/mol. The maximum atomic E-state index is 4.55. The van der Waals surface area contributed by atoms with Gasteiger partial charge in [-0.15, -0.1) is 0 Å². The molecule has 1 saturated heterocycles. The molecule has 2 heterocycles. The van der Waals surface area contributed by atoms with E-state index in [-0.39, 0.29) is 0 Å². The molecule has 0 bridgehead atoms. The monoisotopic (exact) mass is 246 g/mol. The molecule has 1 aromatic rings. The topological polar surface area (TPSA) is 41.1 Å². The van der Waals surface area contributed by atoms with Gasteiger partial charge in [-0.2, -0.15) is 0 Å². The van der Waals surface area contributed by atoms with Crippen LogP contribution in [0.2, 0.25) is 0 Å². The van der Waals surface area contributed by atoms with Crippen molar-refractivity contribution in [1.82, 2.24) is 15.3 Å². The van der Waals surface area contributed by atoms with E-state index in [1.54, 1.807) is 6.20 Å². The quantitative estimate of drug-likeness (QED) is 0.879. The lowest BCUT2D eigenvalue weighted by Crippen LogP contribution is -2.38. The molecule has 4 nitrogen and oxygen atoms in total. The van der Waals surface area contributed by atoms with Gasteiger partial charge in [0.15, 0.2) is 0 Å². The number of piperidine rings is 1. The van der Waals surface area contributed by atoms with Crippen LogP contribution in [0, 0.1) is 12.8 Å². The molecule has 1 aliphatic carbocycles. The van der Waals surface area contributed by atoms with Crippen molar-refractivity contribution in [2.24, 2.45) is 5.92 Å². The fourth-order valence-electron chi connectivity index (χ4n) is 2.82. The Balaban J connectivity index is 1.73. The van der Waals surface area contributed by atoms with Crippen molar-refractivity contribution >= 4 is 5.82 Å². The van der Waals surface area contributed by atoms with Crippen LogP contribution in [0.25, 0.3) is 0 Å². The standard InChI is InChI=1S/C14H22N4/c1-11-14(17-9-8-16-11)18(13-2-3-13)10-12-4-6-15-7-5-12/h8-9,12-13,15H,2-7,10H2,1H3. The van der Waals surface area contributed by atoms with Crippen molar-refractivity contribution in [1.29, 1.82) is 0 Å². The van der Waals surface area contributed by atoms with E-state index in [1.807, 2.05) is 6.20 Å². The third-order valence-corrected chi connectivity index (χ3v) is 4.03. The molecular formula is C14H22N4. The van der Waals surface area contributed by atoms with Crippen molar-refractivity contribution in [3.8, 4) is 0 Å². The van der Waals surface area contributed by atoms with Crippen LogP contribution in [-0.2, 0) is 0 Å². The van der Waals surface area contributed by atoms with Crippen molar-refractivity contribution in [2.75, 3.05) is 24.5 Å². The zero-order chi connectivity index (χ0) is 12.4. The summed E-state index contributed by atoms with van der Waals surface area (Å²) in [6, 6.07) is 0.718. The average molecular weight is 246 g/mol. The SMILES string of the molecule is Cc1nccnc1N(CC1CCNCC1)C1CC1. The first-order valence-corrected chi connectivity index (χ1v) is 7.09. The molecule has 0 atom stereocenters. The summed E-state index contributed by atoms with van der Waals surface area (Å²) in [4.78, 5) is 11.5. The highest BCUT2D eigenvalue weighted by molar-refractivity contribution is 5.45. The smallest absolute Gasteiger partial charge is 0.150 e. The zero-order valence-electron chi connectivity index (χ0n) is 11.1. The van der Waals surface area contributed by atoms with Crippen LogP contribution in [0.3, 0.4) is 0 Å². The Morgan fingerprint density at radius 1 is 1.17 bits per heavy atom. The molecule has 1 N–H and O–H groups in total. The number of hydrogen-bond acceptors (Lipinski definition) is 4. The van der Waals surface area contributed by atoms with Crippen molar-refractivity contribution < 1.29 is 0 Å². The minimum absolute atomic E-state index is 0.718. The predicted molar refractivity (Wildman–Crippen MR) is 72.7 cm³/mol. The number of rotatable bonds is 4. The molecule has 0 unspecified atom stereocenters. The summed E-state index contributed by atoms with van der Waals surface area (Å²) >= 11 is 0. The van der Waals surface area contributed by atoms with Gasteiger partial charge in [-0.05, 0) is 51.6 Å².